The molecule has 1 aromatic heterocycles. The van der Waals surface area contributed by atoms with Crippen LogP contribution in [-0.4, -0.2) is 29.2 Å². The van der Waals surface area contributed by atoms with Crippen LogP contribution in [0.15, 0.2) is 59.8 Å². The summed E-state index contributed by atoms with van der Waals surface area (Å²) in [6.45, 7) is 0.488. The summed E-state index contributed by atoms with van der Waals surface area (Å²) >= 11 is 6.03. The first-order valence-corrected chi connectivity index (χ1v) is 9.78. The summed E-state index contributed by atoms with van der Waals surface area (Å²) in [7, 11) is 0. The zero-order valence-corrected chi connectivity index (χ0v) is 16.2. The number of alkyl halides is 1. The van der Waals surface area contributed by atoms with E-state index in [4.69, 9.17) is 11.6 Å². The van der Waals surface area contributed by atoms with E-state index >= 15 is 0 Å². The third-order valence-corrected chi connectivity index (χ3v) is 5.38. The van der Waals surface area contributed by atoms with Gasteiger partial charge in [0.05, 0.1) is 11.7 Å². The fourth-order valence-electron chi connectivity index (χ4n) is 3.79. The van der Waals surface area contributed by atoms with Crippen LogP contribution in [0.25, 0.3) is 22.4 Å². The van der Waals surface area contributed by atoms with Gasteiger partial charge in [0.2, 0.25) is 0 Å². The topological polar surface area (TPSA) is 80.5 Å². The minimum atomic E-state index is -0.155. The first-order chi connectivity index (χ1) is 14.2. The van der Waals surface area contributed by atoms with Gasteiger partial charge in [-0.05, 0) is 40.9 Å². The molecule has 0 radical (unpaired) electrons. The number of rotatable bonds is 6. The second-order valence-electron chi connectivity index (χ2n) is 6.88. The molecule has 1 aliphatic rings. The van der Waals surface area contributed by atoms with Crippen LogP contribution in [0.3, 0.4) is 0 Å². The van der Waals surface area contributed by atoms with Crippen molar-refractivity contribution < 1.29 is 9.59 Å². The molecular formula is C22H18ClN3O3. The summed E-state index contributed by atoms with van der Waals surface area (Å²) < 4.78 is 2.02. The second kappa shape index (κ2) is 8.01. The zero-order chi connectivity index (χ0) is 20.4. The van der Waals surface area contributed by atoms with Gasteiger partial charge in [-0.25, -0.2) is 0 Å². The van der Waals surface area contributed by atoms with Crippen molar-refractivity contribution in [2.24, 2.45) is 5.18 Å². The van der Waals surface area contributed by atoms with Crippen molar-refractivity contribution in [1.82, 2.24) is 9.88 Å². The van der Waals surface area contributed by atoms with Crippen molar-refractivity contribution >= 4 is 29.5 Å². The lowest BCUT2D eigenvalue weighted by molar-refractivity contribution is 0.0914. The van der Waals surface area contributed by atoms with E-state index in [2.05, 4.69) is 10.5 Å². The van der Waals surface area contributed by atoms with Crippen molar-refractivity contribution in [1.29, 1.82) is 0 Å². The van der Waals surface area contributed by atoms with Gasteiger partial charge in [0.25, 0.3) is 5.91 Å². The van der Waals surface area contributed by atoms with Gasteiger partial charge in [-0.2, -0.15) is 0 Å². The smallest absolute Gasteiger partial charge is 0.268 e. The number of amides is 1. The lowest BCUT2D eigenvalue weighted by atomic mass is 9.99. The van der Waals surface area contributed by atoms with Crippen LogP contribution in [0.4, 0.5) is 5.69 Å². The number of carbonyl (C=O) groups is 2. The average Bonchev–Trinajstić information content (AvgIpc) is 3.18. The van der Waals surface area contributed by atoms with E-state index in [1.807, 2.05) is 28.8 Å². The quantitative estimate of drug-likeness (QED) is 0.357. The molecule has 6 nitrogen and oxygen atoms in total. The van der Waals surface area contributed by atoms with Crippen molar-refractivity contribution in [2.75, 3.05) is 12.4 Å². The highest BCUT2D eigenvalue weighted by Crippen LogP contribution is 2.40. The number of carbonyl (C=O) groups excluding carboxylic acids is 2. The third-order valence-electron chi connectivity index (χ3n) is 5.16. The van der Waals surface area contributed by atoms with E-state index in [0.29, 0.717) is 35.8 Å². The fourth-order valence-corrected chi connectivity index (χ4v) is 4.04. The van der Waals surface area contributed by atoms with Gasteiger partial charge in [-0.1, -0.05) is 36.4 Å². The van der Waals surface area contributed by atoms with Crippen molar-refractivity contribution in [3.05, 3.63) is 70.8 Å². The Hall–Kier alpha value is -3.25. The molecule has 2 aromatic carbocycles. The van der Waals surface area contributed by atoms with Gasteiger partial charge >= 0.3 is 0 Å². The molecule has 1 aliphatic heterocycles. The van der Waals surface area contributed by atoms with Gasteiger partial charge in [0.15, 0.2) is 0 Å². The molecular weight excluding hydrogens is 390 g/mol. The normalized spacial score (nSPS) is 15.5. The minimum Gasteiger partial charge on any atom is -0.349 e. The summed E-state index contributed by atoms with van der Waals surface area (Å²) in [6.07, 6.45) is 1.49. The zero-order valence-electron chi connectivity index (χ0n) is 15.5. The molecule has 146 valence electrons. The fraction of sp³-hybridized carbons (Fsp3) is 0.182. The Labute approximate surface area is 172 Å². The molecule has 1 unspecified atom stereocenters. The van der Waals surface area contributed by atoms with Crippen molar-refractivity contribution in [2.45, 2.75) is 12.5 Å². The van der Waals surface area contributed by atoms with Crippen LogP contribution in [0, 0.1) is 4.91 Å². The number of aldehydes is 1. The lowest BCUT2D eigenvalue weighted by Crippen LogP contribution is -2.39. The molecule has 0 saturated carbocycles. The molecule has 0 bridgehead atoms. The summed E-state index contributed by atoms with van der Waals surface area (Å²) in [6, 6.07) is 16.0. The largest absolute Gasteiger partial charge is 0.349 e. The highest BCUT2D eigenvalue weighted by atomic mass is 35.5. The first-order valence-electron chi connectivity index (χ1n) is 9.25. The van der Waals surface area contributed by atoms with E-state index < -0.39 is 0 Å². The third kappa shape index (κ3) is 3.47. The molecule has 7 heteroatoms. The van der Waals surface area contributed by atoms with Crippen LogP contribution >= 0.6 is 11.6 Å². The number of hydrogen-bond donors (Lipinski definition) is 1. The standard InChI is InChI=1S/C22H18ClN3O3/c23-9-8-18-12-24-22(28)20-11-19(16-2-1-3-17(10-16)25-29)21(26(18)20)15-6-4-14(13-27)5-7-15/h1-7,10-11,13,18H,8-9,12H2,(H,24,28). The number of hydrogen-bond acceptors (Lipinski definition) is 4. The van der Waals surface area contributed by atoms with E-state index in [1.54, 1.807) is 30.3 Å². The van der Waals surface area contributed by atoms with E-state index in [0.717, 1.165) is 28.7 Å². The Morgan fingerprint density at radius 3 is 2.62 bits per heavy atom. The Bertz CT molecular complexity index is 1090. The van der Waals surface area contributed by atoms with Gasteiger partial charge < -0.3 is 9.88 Å². The molecule has 1 N–H and O–H groups in total. The summed E-state index contributed by atoms with van der Waals surface area (Å²) in [5.74, 6) is 0.305. The highest BCUT2D eigenvalue weighted by Gasteiger charge is 2.30. The van der Waals surface area contributed by atoms with Crippen LogP contribution in [0.2, 0.25) is 0 Å². The maximum Gasteiger partial charge on any atom is 0.268 e. The number of halogens is 1. The number of nitroso groups, excluding NO2 is 1. The predicted molar refractivity (Wildman–Crippen MR) is 113 cm³/mol. The predicted octanol–water partition coefficient (Wildman–Crippen LogP) is 4.95. The molecule has 3 aromatic rings. The molecule has 0 saturated heterocycles. The maximum absolute atomic E-state index is 12.6. The van der Waals surface area contributed by atoms with Gasteiger partial charge in [0.1, 0.15) is 17.7 Å². The van der Waals surface area contributed by atoms with E-state index in [9.17, 15) is 14.5 Å². The van der Waals surface area contributed by atoms with Crippen LogP contribution in [0.5, 0.6) is 0 Å². The van der Waals surface area contributed by atoms with Crippen LogP contribution < -0.4 is 5.32 Å². The highest BCUT2D eigenvalue weighted by molar-refractivity contribution is 6.17. The van der Waals surface area contributed by atoms with Gasteiger partial charge in [-0.15, -0.1) is 16.5 Å². The van der Waals surface area contributed by atoms with Gasteiger partial charge in [-0.3, -0.25) is 9.59 Å². The molecule has 1 amide bonds. The average molecular weight is 408 g/mol. The summed E-state index contributed by atoms with van der Waals surface area (Å²) in [5, 5.41) is 5.95. The Kier molecular flexibility index (Phi) is 5.27. The maximum atomic E-state index is 12.6. The molecule has 29 heavy (non-hydrogen) atoms. The molecule has 1 atom stereocenters. The Morgan fingerprint density at radius 1 is 1.14 bits per heavy atom. The SMILES string of the molecule is O=Cc1ccc(-c2c(-c3cccc(N=O)c3)cc3n2C(CCCl)CNC3=O)cc1. The Balaban J connectivity index is 1.99. The monoisotopic (exact) mass is 407 g/mol. The van der Waals surface area contributed by atoms with Crippen molar-refractivity contribution in [3.63, 3.8) is 0 Å². The Morgan fingerprint density at radius 2 is 1.93 bits per heavy atom. The van der Waals surface area contributed by atoms with Crippen molar-refractivity contribution in [3.8, 4) is 22.4 Å². The van der Waals surface area contributed by atoms with E-state index in [1.165, 1.54) is 0 Å². The molecule has 0 fully saturated rings. The first kappa shape index (κ1) is 19.1. The molecule has 0 aliphatic carbocycles. The van der Waals surface area contributed by atoms with Crippen LogP contribution in [0.1, 0.15) is 33.3 Å². The van der Waals surface area contributed by atoms with Crippen LogP contribution in [-0.2, 0) is 0 Å². The number of nitrogens with zero attached hydrogens (tertiary/aromatic N) is 2. The number of benzene rings is 2. The summed E-state index contributed by atoms with van der Waals surface area (Å²) in [4.78, 5) is 34.7. The number of fused-ring (bicyclic) bond motifs is 1. The minimum absolute atomic E-state index is 0.00192. The van der Waals surface area contributed by atoms with Gasteiger partial charge in [0, 0.05) is 23.6 Å². The molecule has 4 rings (SSSR count). The number of nitrogens with one attached hydrogen (secondary N) is 1. The molecule has 0 spiro atoms. The lowest BCUT2D eigenvalue weighted by Gasteiger charge is -2.28. The number of aromatic nitrogens is 1. The second-order valence-corrected chi connectivity index (χ2v) is 7.26. The molecule has 2 heterocycles. The summed E-state index contributed by atoms with van der Waals surface area (Å²) in [5.41, 5.74) is 4.76. The van der Waals surface area contributed by atoms with E-state index in [-0.39, 0.29) is 11.9 Å².